The van der Waals surface area contributed by atoms with Crippen LogP contribution in [0.3, 0.4) is 0 Å². The van der Waals surface area contributed by atoms with E-state index in [-0.39, 0.29) is 16.9 Å². The highest BCUT2D eigenvalue weighted by Gasteiger charge is 2.34. The second kappa shape index (κ2) is 8.79. The number of carbonyl (C=O) groups is 1. The maximum Gasteiger partial charge on any atom is 0.247 e. The zero-order valence-corrected chi connectivity index (χ0v) is 18.8. The van der Waals surface area contributed by atoms with Crippen LogP contribution >= 0.6 is 11.6 Å². The summed E-state index contributed by atoms with van der Waals surface area (Å²) in [5.74, 6) is 0.162. The molecule has 0 bridgehead atoms. The fraction of sp³-hybridized carbons (Fsp3) is 0.381. The summed E-state index contributed by atoms with van der Waals surface area (Å²) in [5, 5.41) is 6.22. The number of aromatic nitrogens is 4. The highest BCUT2D eigenvalue weighted by molar-refractivity contribution is 6.31. The summed E-state index contributed by atoms with van der Waals surface area (Å²) in [6.45, 7) is 6.66. The lowest BCUT2D eigenvalue weighted by atomic mass is 10.0. The van der Waals surface area contributed by atoms with Crippen molar-refractivity contribution < 1.29 is 9.18 Å². The van der Waals surface area contributed by atoms with Gasteiger partial charge in [-0.2, -0.15) is 0 Å². The molecule has 0 atom stereocenters. The standard InChI is InChI=1S/C21H24ClFN8O/c1-21(2,19(32)31-8-6-30(3)7-9-31)29-20-24-11-16-17(28-20)18(26-12-25-16)27-13-4-5-15(23)14(22)10-13/h4-5,10-12H,6-9H2,1-3H3,(H,24,28,29)(H,25,26,27). The molecule has 1 saturated heterocycles. The normalized spacial score (nSPS) is 15.1. The zero-order chi connectivity index (χ0) is 22.9. The third-order valence-corrected chi connectivity index (χ3v) is 5.60. The average Bonchev–Trinajstić information content (AvgIpc) is 2.76. The van der Waals surface area contributed by atoms with Crippen molar-refractivity contribution in [3.05, 3.63) is 41.6 Å². The third-order valence-electron chi connectivity index (χ3n) is 5.31. The Morgan fingerprint density at radius 3 is 2.62 bits per heavy atom. The Hall–Kier alpha value is -3.11. The van der Waals surface area contributed by atoms with Crippen molar-refractivity contribution >= 4 is 46.0 Å². The van der Waals surface area contributed by atoms with Crippen molar-refractivity contribution in [3.8, 4) is 0 Å². The molecule has 0 spiro atoms. The van der Waals surface area contributed by atoms with Crippen LogP contribution in [-0.2, 0) is 4.79 Å². The minimum Gasteiger partial charge on any atom is -0.340 e. The maximum absolute atomic E-state index is 13.5. The number of hydrogen-bond donors (Lipinski definition) is 2. The number of halogens is 2. The number of hydrogen-bond acceptors (Lipinski definition) is 8. The van der Waals surface area contributed by atoms with Crippen molar-refractivity contribution in [3.63, 3.8) is 0 Å². The molecule has 1 aromatic carbocycles. The Balaban J connectivity index is 1.57. The van der Waals surface area contributed by atoms with Gasteiger partial charge in [-0.1, -0.05) is 11.6 Å². The molecule has 1 aliphatic rings. The molecule has 2 N–H and O–H groups in total. The first-order valence-electron chi connectivity index (χ1n) is 10.2. The fourth-order valence-corrected chi connectivity index (χ4v) is 3.63. The second-order valence-corrected chi connectivity index (χ2v) is 8.66. The van der Waals surface area contributed by atoms with Gasteiger partial charge in [0, 0.05) is 31.9 Å². The van der Waals surface area contributed by atoms with E-state index >= 15 is 0 Å². The van der Waals surface area contributed by atoms with E-state index in [1.54, 1.807) is 12.3 Å². The molecule has 0 unspecified atom stereocenters. The highest BCUT2D eigenvalue weighted by atomic mass is 35.5. The van der Waals surface area contributed by atoms with Gasteiger partial charge in [0.1, 0.15) is 28.7 Å². The minimum absolute atomic E-state index is 0.00508. The van der Waals surface area contributed by atoms with E-state index in [4.69, 9.17) is 11.6 Å². The van der Waals surface area contributed by atoms with Gasteiger partial charge in [0.15, 0.2) is 5.82 Å². The summed E-state index contributed by atoms with van der Waals surface area (Å²) in [4.78, 5) is 34.4. The predicted octanol–water partition coefficient (Wildman–Crippen LogP) is 2.92. The van der Waals surface area contributed by atoms with Crippen LogP contribution in [0, 0.1) is 5.82 Å². The molecule has 3 aromatic rings. The van der Waals surface area contributed by atoms with E-state index in [0.29, 0.717) is 35.6 Å². The molecule has 9 nitrogen and oxygen atoms in total. The van der Waals surface area contributed by atoms with Gasteiger partial charge in [-0.05, 0) is 39.1 Å². The van der Waals surface area contributed by atoms with Gasteiger partial charge in [0.05, 0.1) is 11.2 Å². The molecular formula is C21H24ClFN8O. The minimum atomic E-state index is -0.905. The van der Waals surface area contributed by atoms with Crippen LogP contribution in [0.15, 0.2) is 30.7 Å². The summed E-state index contributed by atoms with van der Waals surface area (Å²) in [7, 11) is 2.04. The SMILES string of the molecule is CN1CCN(C(=O)C(C)(C)Nc2ncc3ncnc(Nc4ccc(F)c(Cl)c4)c3n2)CC1. The number of fused-ring (bicyclic) bond motifs is 1. The number of anilines is 3. The van der Waals surface area contributed by atoms with Crippen LogP contribution in [0.2, 0.25) is 5.02 Å². The summed E-state index contributed by atoms with van der Waals surface area (Å²) in [6, 6.07) is 4.28. The maximum atomic E-state index is 13.5. The van der Waals surface area contributed by atoms with Gasteiger partial charge in [-0.25, -0.2) is 24.3 Å². The molecule has 1 amide bonds. The fourth-order valence-electron chi connectivity index (χ4n) is 3.45. The first-order chi connectivity index (χ1) is 15.2. The van der Waals surface area contributed by atoms with Crippen molar-refractivity contribution in [2.75, 3.05) is 43.9 Å². The Labute approximate surface area is 190 Å². The first kappa shape index (κ1) is 22.1. The Kier molecular flexibility index (Phi) is 6.07. The van der Waals surface area contributed by atoms with Gasteiger partial charge in [-0.3, -0.25) is 4.79 Å². The third kappa shape index (κ3) is 4.71. The lowest BCUT2D eigenvalue weighted by Gasteiger charge is -2.37. The lowest BCUT2D eigenvalue weighted by Crippen LogP contribution is -2.55. The number of piperazine rings is 1. The summed E-state index contributed by atoms with van der Waals surface area (Å²) >= 11 is 5.88. The van der Waals surface area contributed by atoms with E-state index in [1.165, 1.54) is 18.5 Å². The smallest absolute Gasteiger partial charge is 0.247 e. The van der Waals surface area contributed by atoms with E-state index in [0.717, 1.165) is 13.1 Å². The number of rotatable bonds is 5. The van der Waals surface area contributed by atoms with Crippen molar-refractivity contribution in [2.24, 2.45) is 0 Å². The van der Waals surface area contributed by atoms with E-state index in [1.807, 2.05) is 25.8 Å². The van der Waals surface area contributed by atoms with Crippen molar-refractivity contribution in [2.45, 2.75) is 19.4 Å². The molecule has 168 valence electrons. The Morgan fingerprint density at radius 1 is 1.16 bits per heavy atom. The van der Waals surface area contributed by atoms with Gasteiger partial charge in [-0.15, -0.1) is 0 Å². The summed E-state index contributed by atoms with van der Waals surface area (Å²) in [5.41, 5.74) is 0.616. The van der Waals surface area contributed by atoms with Gasteiger partial charge in [0.25, 0.3) is 0 Å². The van der Waals surface area contributed by atoms with Gasteiger partial charge >= 0.3 is 0 Å². The van der Waals surface area contributed by atoms with E-state index < -0.39 is 11.4 Å². The number of carbonyl (C=O) groups excluding carboxylic acids is 1. The zero-order valence-electron chi connectivity index (χ0n) is 18.1. The number of nitrogens with one attached hydrogen (secondary N) is 2. The number of benzene rings is 1. The van der Waals surface area contributed by atoms with Crippen LogP contribution in [0.4, 0.5) is 21.8 Å². The number of nitrogens with zero attached hydrogens (tertiary/aromatic N) is 6. The van der Waals surface area contributed by atoms with Crippen LogP contribution < -0.4 is 10.6 Å². The molecule has 11 heteroatoms. The first-order valence-corrected chi connectivity index (χ1v) is 10.6. The van der Waals surface area contributed by atoms with E-state index in [2.05, 4.69) is 35.5 Å². The molecule has 1 aliphatic heterocycles. The second-order valence-electron chi connectivity index (χ2n) is 8.25. The Morgan fingerprint density at radius 2 is 1.91 bits per heavy atom. The topological polar surface area (TPSA) is 99.2 Å². The monoisotopic (exact) mass is 458 g/mol. The van der Waals surface area contributed by atoms with Gasteiger partial charge < -0.3 is 20.4 Å². The molecule has 2 aromatic heterocycles. The largest absolute Gasteiger partial charge is 0.340 e. The van der Waals surface area contributed by atoms with Gasteiger partial charge in [0.2, 0.25) is 11.9 Å². The molecule has 0 saturated carbocycles. The van der Waals surface area contributed by atoms with Crippen LogP contribution in [0.1, 0.15) is 13.8 Å². The lowest BCUT2D eigenvalue weighted by molar-refractivity contribution is -0.136. The van der Waals surface area contributed by atoms with Crippen LogP contribution in [0.25, 0.3) is 11.0 Å². The average molecular weight is 459 g/mol. The Bertz CT molecular complexity index is 1150. The predicted molar refractivity (Wildman–Crippen MR) is 122 cm³/mol. The van der Waals surface area contributed by atoms with E-state index in [9.17, 15) is 9.18 Å². The molecule has 4 rings (SSSR count). The quantitative estimate of drug-likeness (QED) is 0.602. The number of amides is 1. The molecule has 0 radical (unpaired) electrons. The van der Waals surface area contributed by atoms with Crippen molar-refractivity contribution in [1.82, 2.24) is 29.7 Å². The molecule has 3 heterocycles. The summed E-state index contributed by atoms with van der Waals surface area (Å²) in [6.07, 6.45) is 2.94. The van der Waals surface area contributed by atoms with Crippen LogP contribution in [-0.4, -0.2) is 74.4 Å². The molecule has 32 heavy (non-hydrogen) atoms. The summed E-state index contributed by atoms with van der Waals surface area (Å²) < 4.78 is 13.5. The molecule has 1 fully saturated rings. The highest BCUT2D eigenvalue weighted by Crippen LogP contribution is 2.26. The number of likely N-dealkylation sites (N-methyl/N-ethyl adjacent to an activating group) is 1. The van der Waals surface area contributed by atoms with Crippen LogP contribution in [0.5, 0.6) is 0 Å². The van der Waals surface area contributed by atoms with Crippen molar-refractivity contribution in [1.29, 1.82) is 0 Å². The molecule has 0 aliphatic carbocycles. The molecular weight excluding hydrogens is 435 g/mol.